The molecule has 1 aliphatic heterocycles. The highest BCUT2D eigenvalue weighted by molar-refractivity contribution is 5.89. The van der Waals surface area contributed by atoms with E-state index in [1.165, 1.54) is 25.5 Å². The number of para-hydroxylation sites is 1. The molecule has 0 spiro atoms. The number of likely N-dealkylation sites (tertiary alicyclic amines) is 1. The second kappa shape index (κ2) is 12.1. The first kappa shape index (κ1) is 23.6. The minimum Gasteiger partial charge on any atom is -0.496 e. The molecule has 32 heavy (non-hydrogen) atoms. The minimum atomic E-state index is -0.318. The molecule has 172 valence electrons. The maximum atomic E-state index is 11.6. The average molecular weight is 439 g/mol. The van der Waals surface area contributed by atoms with E-state index in [-0.39, 0.29) is 12.0 Å². The minimum absolute atomic E-state index is 0.220. The van der Waals surface area contributed by atoms with Crippen LogP contribution in [0, 0.1) is 0 Å². The third kappa shape index (κ3) is 6.23. The van der Waals surface area contributed by atoms with Crippen molar-refractivity contribution in [2.75, 3.05) is 47.4 Å². The van der Waals surface area contributed by atoms with Crippen LogP contribution in [-0.4, -0.2) is 64.3 Å². The molecular formula is C25H34N4O3. The second-order valence-electron chi connectivity index (χ2n) is 7.82. The molecule has 1 unspecified atom stereocenters. The number of guanidine groups is 1. The molecule has 1 aliphatic rings. The maximum absolute atomic E-state index is 11.6. The number of rotatable bonds is 9. The molecule has 1 fully saturated rings. The van der Waals surface area contributed by atoms with Crippen LogP contribution in [0.1, 0.15) is 40.4 Å². The largest absolute Gasteiger partial charge is 0.496 e. The first-order valence-electron chi connectivity index (χ1n) is 11.1. The van der Waals surface area contributed by atoms with Gasteiger partial charge in [-0.15, -0.1) is 0 Å². The van der Waals surface area contributed by atoms with Gasteiger partial charge in [0.1, 0.15) is 5.75 Å². The van der Waals surface area contributed by atoms with E-state index in [9.17, 15) is 4.79 Å². The van der Waals surface area contributed by atoms with E-state index < -0.39 is 0 Å². The lowest BCUT2D eigenvalue weighted by Crippen LogP contribution is -2.43. The van der Waals surface area contributed by atoms with Crippen LogP contribution in [0.2, 0.25) is 0 Å². The molecule has 0 aliphatic carbocycles. The number of hydrogen-bond acceptors (Lipinski definition) is 5. The summed E-state index contributed by atoms with van der Waals surface area (Å²) in [5, 5.41) is 6.88. The van der Waals surface area contributed by atoms with Gasteiger partial charge in [-0.3, -0.25) is 9.89 Å². The van der Waals surface area contributed by atoms with Crippen LogP contribution in [0.5, 0.6) is 5.75 Å². The molecule has 3 rings (SSSR count). The number of carbonyl (C=O) groups is 1. The first-order valence-corrected chi connectivity index (χ1v) is 11.1. The van der Waals surface area contributed by atoms with Crippen molar-refractivity contribution in [2.45, 2.75) is 25.3 Å². The van der Waals surface area contributed by atoms with Gasteiger partial charge in [-0.2, -0.15) is 0 Å². The molecule has 0 aromatic heterocycles. The van der Waals surface area contributed by atoms with E-state index in [1.54, 1.807) is 26.3 Å². The number of nitrogens with one attached hydrogen (secondary N) is 2. The fraction of sp³-hybridized carbons (Fsp3) is 0.440. The zero-order chi connectivity index (χ0) is 22.8. The predicted octanol–water partition coefficient (Wildman–Crippen LogP) is 3.03. The van der Waals surface area contributed by atoms with Gasteiger partial charge in [0.15, 0.2) is 5.96 Å². The second-order valence-corrected chi connectivity index (χ2v) is 7.82. The quantitative estimate of drug-likeness (QED) is 0.356. The van der Waals surface area contributed by atoms with Gasteiger partial charge in [0.25, 0.3) is 0 Å². The van der Waals surface area contributed by atoms with E-state index >= 15 is 0 Å². The van der Waals surface area contributed by atoms with Gasteiger partial charge in [-0.1, -0.05) is 30.3 Å². The number of aliphatic imine (C=N–C) groups is 1. The van der Waals surface area contributed by atoms with Gasteiger partial charge in [0.2, 0.25) is 0 Å². The molecule has 2 aromatic rings. The summed E-state index contributed by atoms with van der Waals surface area (Å²) in [6.07, 6.45) is 3.28. The van der Waals surface area contributed by atoms with Crippen LogP contribution in [0.25, 0.3) is 0 Å². The summed E-state index contributed by atoms with van der Waals surface area (Å²) in [4.78, 5) is 18.5. The lowest BCUT2D eigenvalue weighted by atomic mass is 10.0. The van der Waals surface area contributed by atoms with Crippen molar-refractivity contribution in [1.29, 1.82) is 0 Å². The van der Waals surface area contributed by atoms with E-state index in [2.05, 4.69) is 32.7 Å². The fourth-order valence-corrected chi connectivity index (χ4v) is 4.10. The molecule has 2 aromatic carbocycles. The third-order valence-corrected chi connectivity index (χ3v) is 5.85. The Morgan fingerprint density at radius 2 is 1.78 bits per heavy atom. The summed E-state index contributed by atoms with van der Waals surface area (Å²) >= 11 is 0. The molecule has 0 saturated carbocycles. The van der Waals surface area contributed by atoms with Crippen LogP contribution in [0.15, 0.2) is 53.5 Å². The Morgan fingerprint density at radius 3 is 2.44 bits per heavy atom. The molecule has 1 heterocycles. The van der Waals surface area contributed by atoms with Crippen LogP contribution in [0.3, 0.4) is 0 Å². The number of ether oxygens (including phenoxy) is 2. The van der Waals surface area contributed by atoms with Crippen LogP contribution >= 0.6 is 0 Å². The summed E-state index contributed by atoms with van der Waals surface area (Å²) in [5.41, 5.74) is 2.90. The number of methoxy groups -OCH3 is 2. The Kier molecular flexibility index (Phi) is 8.92. The van der Waals surface area contributed by atoms with E-state index in [0.29, 0.717) is 5.56 Å². The van der Waals surface area contributed by atoms with E-state index in [4.69, 9.17) is 9.47 Å². The van der Waals surface area contributed by atoms with Gasteiger partial charge in [0, 0.05) is 25.7 Å². The number of esters is 1. The van der Waals surface area contributed by atoms with E-state index in [1.807, 2.05) is 24.3 Å². The monoisotopic (exact) mass is 438 g/mol. The molecule has 0 amide bonds. The van der Waals surface area contributed by atoms with Crippen molar-refractivity contribution in [3.05, 3.63) is 65.2 Å². The van der Waals surface area contributed by atoms with Crippen molar-refractivity contribution in [3.63, 3.8) is 0 Å². The Balaban J connectivity index is 1.56. The number of carbonyl (C=O) groups excluding carboxylic acids is 1. The Bertz CT molecular complexity index is 892. The zero-order valence-electron chi connectivity index (χ0n) is 19.3. The van der Waals surface area contributed by atoms with Gasteiger partial charge in [-0.25, -0.2) is 4.79 Å². The number of benzene rings is 2. The Hall–Kier alpha value is -3.06. The number of hydrogen-bond donors (Lipinski definition) is 2. The Labute approximate surface area is 190 Å². The van der Waals surface area contributed by atoms with Crippen molar-refractivity contribution in [1.82, 2.24) is 15.5 Å². The van der Waals surface area contributed by atoms with Crippen LogP contribution in [-0.2, 0) is 11.2 Å². The average Bonchev–Trinajstić information content (AvgIpc) is 3.38. The molecule has 7 nitrogen and oxygen atoms in total. The highest BCUT2D eigenvalue weighted by Gasteiger charge is 2.26. The van der Waals surface area contributed by atoms with Crippen LogP contribution < -0.4 is 15.4 Å². The predicted molar refractivity (Wildman–Crippen MR) is 127 cm³/mol. The van der Waals surface area contributed by atoms with Gasteiger partial charge in [0.05, 0.1) is 25.8 Å². The van der Waals surface area contributed by atoms with Gasteiger partial charge >= 0.3 is 5.97 Å². The summed E-state index contributed by atoms with van der Waals surface area (Å²) < 4.78 is 10.4. The molecule has 1 atom stereocenters. The first-order chi connectivity index (χ1) is 15.7. The molecule has 7 heteroatoms. The number of nitrogens with zero attached hydrogens (tertiary/aromatic N) is 2. The lowest BCUT2D eigenvalue weighted by molar-refractivity contribution is 0.0600. The molecule has 0 bridgehead atoms. The van der Waals surface area contributed by atoms with Crippen molar-refractivity contribution in [2.24, 2.45) is 4.99 Å². The van der Waals surface area contributed by atoms with Gasteiger partial charge in [-0.05, 0) is 56.1 Å². The maximum Gasteiger partial charge on any atom is 0.337 e. The zero-order valence-corrected chi connectivity index (χ0v) is 19.3. The van der Waals surface area contributed by atoms with Crippen molar-refractivity contribution >= 4 is 11.9 Å². The van der Waals surface area contributed by atoms with E-state index in [0.717, 1.165) is 49.9 Å². The van der Waals surface area contributed by atoms with Gasteiger partial charge < -0.3 is 20.1 Å². The highest BCUT2D eigenvalue weighted by atomic mass is 16.5. The fourth-order valence-electron chi connectivity index (χ4n) is 4.10. The molecule has 1 saturated heterocycles. The smallest absolute Gasteiger partial charge is 0.337 e. The van der Waals surface area contributed by atoms with Crippen molar-refractivity contribution in [3.8, 4) is 5.75 Å². The van der Waals surface area contributed by atoms with Crippen molar-refractivity contribution < 1.29 is 14.3 Å². The molecular weight excluding hydrogens is 404 g/mol. The molecule has 2 N–H and O–H groups in total. The lowest BCUT2D eigenvalue weighted by Gasteiger charge is -2.30. The summed E-state index contributed by atoms with van der Waals surface area (Å²) in [5.74, 6) is 1.38. The topological polar surface area (TPSA) is 75.2 Å². The highest BCUT2D eigenvalue weighted by Crippen LogP contribution is 2.31. The summed E-state index contributed by atoms with van der Waals surface area (Å²) in [6, 6.07) is 16.0. The standard InChI is InChI=1S/C25H34N4O3/c1-26-25(27-15-14-19-10-12-20(13-11-19)24(30)32-3)28-18-22(29-16-6-7-17-29)21-8-4-5-9-23(21)31-2/h4-5,8-13,22H,6-7,14-18H2,1-3H3,(H2,26,27,28). The summed E-state index contributed by atoms with van der Waals surface area (Å²) in [6.45, 7) is 3.67. The third-order valence-electron chi connectivity index (χ3n) is 5.85. The SMILES string of the molecule is CN=C(NCCc1ccc(C(=O)OC)cc1)NCC(c1ccccc1OC)N1CCCC1. The summed E-state index contributed by atoms with van der Waals surface area (Å²) in [7, 11) is 4.90. The normalized spacial score (nSPS) is 15.3. The van der Waals surface area contributed by atoms with Crippen LogP contribution in [0.4, 0.5) is 0 Å². The molecule has 0 radical (unpaired) electrons. The Morgan fingerprint density at radius 1 is 1.06 bits per heavy atom.